The molecule has 24 heavy (non-hydrogen) atoms. The molecule has 4 N–H and O–H groups in total. The Bertz CT molecular complexity index is 588. The third-order valence-electron chi connectivity index (χ3n) is 3.97. The second-order valence-electron chi connectivity index (χ2n) is 5.65. The van der Waals surface area contributed by atoms with Gasteiger partial charge in [0.1, 0.15) is 0 Å². The summed E-state index contributed by atoms with van der Waals surface area (Å²) < 4.78 is 0. The predicted molar refractivity (Wildman–Crippen MR) is 96.9 cm³/mol. The Balaban J connectivity index is 2.23. The number of hydrogen-bond acceptors (Lipinski definition) is 5. The fraction of sp³-hybridized carbons (Fsp3) is 0.368. The van der Waals surface area contributed by atoms with Crippen LogP contribution in [-0.4, -0.2) is 44.6 Å². The molecule has 0 saturated carbocycles. The van der Waals surface area contributed by atoms with Gasteiger partial charge in [0.25, 0.3) is 0 Å². The van der Waals surface area contributed by atoms with E-state index in [0.717, 1.165) is 11.1 Å². The standard InChI is InChI=1S/C19H24O4S/c20-10-11-24-13-17(22)18(15-4-2-1-3-5-15)19(23)16-8-6-14(12-21)7-9-16/h1-9,17-23H,10-13H2. The molecule has 0 aliphatic rings. The van der Waals surface area contributed by atoms with Gasteiger partial charge >= 0.3 is 0 Å². The van der Waals surface area contributed by atoms with Crippen molar-refractivity contribution in [2.24, 2.45) is 0 Å². The molecular formula is C19H24O4S. The SMILES string of the molecule is OCCSCC(O)C(c1ccccc1)C(O)c1ccc(CO)cc1. The zero-order valence-electron chi connectivity index (χ0n) is 13.5. The van der Waals surface area contributed by atoms with Crippen LogP contribution in [0.3, 0.4) is 0 Å². The van der Waals surface area contributed by atoms with Crippen LogP contribution in [0.2, 0.25) is 0 Å². The topological polar surface area (TPSA) is 80.9 Å². The Hall–Kier alpha value is -1.37. The highest BCUT2D eigenvalue weighted by molar-refractivity contribution is 7.99. The highest BCUT2D eigenvalue weighted by Gasteiger charge is 2.29. The Morgan fingerprint density at radius 2 is 1.50 bits per heavy atom. The lowest BCUT2D eigenvalue weighted by atomic mass is 9.85. The van der Waals surface area contributed by atoms with Crippen LogP contribution in [0.5, 0.6) is 0 Å². The largest absolute Gasteiger partial charge is 0.396 e. The molecule has 0 amide bonds. The lowest BCUT2D eigenvalue weighted by Gasteiger charge is -2.28. The molecule has 0 aliphatic carbocycles. The molecule has 2 aromatic carbocycles. The summed E-state index contributed by atoms with van der Waals surface area (Å²) in [6.45, 7) is 0.0253. The third kappa shape index (κ3) is 5.06. The first-order valence-corrected chi connectivity index (χ1v) is 9.12. The van der Waals surface area contributed by atoms with Gasteiger partial charge in [0.15, 0.2) is 0 Å². The van der Waals surface area contributed by atoms with E-state index in [1.807, 2.05) is 30.3 Å². The van der Waals surface area contributed by atoms with Crippen LogP contribution in [0.4, 0.5) is 0 Å². The first-order valence-electron chi connectivity index (χ1n) is 7.96. The van der Waals surface area contributed by atoms with Crippen LogP contribution >= 0.6 is 11.8 Å². The van der Waals surface area contributed by atoms with E-state index in [-0.39, 0.29) is 13.2 Å². The van der Waals surface area contributed by atoms with Crippen LogP contribution in [0, 0.1) is 0 Å². The maximum absolute atomic E-state index is 10.8. The number of hydrogen-bond donors (Lipinski definition) is 4. The van der Waals surface area contributed by atoms with E-state index in [4.69, 9.17) is 10.2 Å². The zero-order chi connectivity index (χ0) is 17.4. The number of aliphatic hydroxyl groups is 4. The van der Waals surface area contributed by atoms with Gasteiger partial charge in [-0.1, -0.05) is 54.6 Å². The van der Waals surface area contributed by atoms with E-state index >= 15 is 0 Å². The van der Waals surface area contributed by atoms with Gasteiger partial charge in [-0.15, -0.1) is 0 Å². The van der Waals surface area contributed by atoms with Crippen molar-refractivity contribution in [2.75, 3.05) is 18.1 Å². The maximum atomic E-state index is 10.8. The number of aliphatic hydroxyl groups excluding tert-OH is 4. The quantitative estimate of drug-likeness (QED) is 0.522. The Morgan fingerprint density at radius 3 is 2.08 bits per heavy atom. The summed E-state index contributed by atoms with van der Waals surface area (Å²) in [5, 5.41) is 39.5. The average molecular weight is 348 g/mol. The predicted octanol–water partition coefficient (Wildman–Crippen LogP) is 2.08. The van der Waals surface area contributed by atoms with Gasteiger partial charge in [-0.2, -0.15) is 11.8 Å². The molecule has 2 aromatic rings. The van der Waals surface area contributed by atoms with Crippen LogP contribution in [0.1, 0.15) is 28.7 Å². The molecule has 0 heterocycles. The van der Waals surface area contributed by atoms with E-state index in [1.165, 1.54) is 11.8 Å². The highest BCUT2D eigenvalue weighted by Crippen LogP contribution is 2.35. The Morgan fingerprint density at radius 1 is 0.833 bits per heavy atom. The van der Waals surface area contributed by atoms with Crippen LogP contribution in [-0.2, 0) is 6.61 Å². The van der Waals surface area contributed by atoms with Crippen LogP contribution in [0.15, 0.2) is 54.6 Å². The van der Waals surface area contributed by atoms with Gasteiger partial charge in [0, 0.05) is 17.4 Å². The molecule has 0 aromatic heterocycles. The van der Waals surface area contributed by atoms with Gasteiger partial charge in [0.2, 0.25) is 0 Å². The molecule has 3 unspecified atom stereocenters. The Labute approximate surface area is 146 Å². The molecular weight excluding hydrogens is 324 g/mol. The summed E-state index contributed by atoms with van der Waals surface area (Å²) in [5.74, 6) is 0.531. The summed E-state index contributed by atoms with van der Waals surface area (Å²) in [4.78, 5) is 0. The number of benzene rings is 2. The molecule has 130 valence electrons. The van der Waals surface area contributed by atoms with Crippen LogP contribution < -0.4 is 0 Å². The first kappa shape index (κ1) is 19.0. The van der Waals surface area contributed by atoms with Gasteiger partial charge < -0.3 is 20.4 Å². The van der Waals surface area contributed by atoms with Crippen LogP contribution in [0.25, 0.3) is 0 Å². The van der Waals surface area contributed by atoms with E-state index in [1.54, 1.807) is 24.3 Å². The molecule has 4 nitrogen and oxygen atoms in total. The summed E-state index contributed by atoms with van der Waals surface area (Å²) >= 11 is 1.46. The molecule has 0 aliphatic heterocycles. The van der Waals surface area contributed by atoms with E-state index in [2.05, 4.69) is 0 Å². The number of thioether (sulfide) groups is 1. The van der Waals surface area contributed by atoms with E-state index < -0.39 is 18.1 Å². The summed E-state index contributed by atoms with van der Waals surface area (Å²) in [5.41, 5.74) is 2.35. The molecule has 0 spiro atoms. The molecule has 0 bridgehead atoms. The smallest absolute Gasteiger partial charge is 0.0883 e. The summed E-state index contributed by atoms with van der Waals surface area (Å²) in [6, 6.07) is 16.6. The third-order valence-corrected chi connectivity index (χ3v) is 5.02. The summed E-state index contributed by atoms with van der Waals surface area (Å²) in [6.07, 6.45) is -1.60. The second kappa shape index (κ2) is 9.81. The van der Waals surface area contributed by atoms with Gasteiger partial charge in [0.05, 0.1) is 25.4 Å². The lowest BCUT2D eigenvalue weighted by molar-refractivity contribution is 0.0642. The van der Waals surface area contributed by atoms with E-state index in [0.29, 0.717) is 17.1 Å². The van der Waals surface area contributed by atoms with Gasteiger partial charge in [-0.05, 0) is 16.7 Å². The van der Waals surface area contributed by atoms with E-state index in [9.17, 15) is 10.2 Å². The zero-order valence-corrected chi connectivity index (χ0v) is 14.3. The Kier molecular flexibility index (Phi) is 7.75. The normalized spacial score (nSPS) is 15.0. The minimum atomic E-state index is -0.857. The second-order valence-corrected chi connectivity index (χ2v) is 6.80. The first-order chi connectivity index (χ1) is 11.7. The average Bonchev–Trinajstić information content (AvgIpc) is 2.63. The van der Waals surface area contributed by atoms with Crippen molar-refractivity contribution in [3.05, 3.63) is 71.3 Å². The fourth-order valence-electron chi connectivity index (χ4n) is 2.69. The maximum Gasteiger partial charge on any atom is 0.0883 e. The van der Waals surface area contributed by atoms with Crippen molar-refractivity contribution in [3.63, 3.8) is 0 Å². The van der Waals surface area contributed by atoms with Crippen molar-refractivity contribution in [3.8, 4) is 0 Å². The summed E-state index contributed by atoms with van der Waals surface area (Å²) in [7, 11) is 0. The van der Waals surface area contributed by atoms with Crippen molar-refractivity contribution < 1.29 is 20.4 Å². The number of rotatable bonds is 9. The molecule has 5 heteroatoms. The van der Waals surface area contributed by atoms with Crippen molar-refractivity contribution in [2.45, 2.75) is 24.7 Å². The minimum Gasteiger partial charge on any atom is -0.396 e. The van der Waals surface area contributed by atoms with Gasteiger partial charge in [-0.3, -0.25) is 0 Å². The molecule has 0 fully saturated rings. The van der Waals surface area contributed by atoms with Crippen molar-refractivity contribution in [1.82, 2.24) is 0 Å². The minimum absolute atomic E-state index is 0.0427. The molecule has 0 saturated heterocycles. The molecule has 0 radical (unpaired) electrons. The molecule has 2 rings (SSSR count). The lowest BCUT2D eigenvalue weighted by Crippen LogP contribution is -2.27. The van der Waals surface area contributed by atoms with Gasteiger partial charge in [-0.25, -0.2) is 0 Å². The fourth-order valence-corrected chi connectivity index (χ4v) is 3.43. The highest BCUT2D eigenvalue weighted by atomic mass is 32.2. The van der Waals surface area contributed by atoms with Crippen molar-refractivity contribution >= 4 is 11.8 Å². The van der Waals surface area contributed by atoms with Crippen molar-refractivity contribution in [1.29, 1.82) is 0 Å². The molecule has 3 atom stereocenters. The monoisotopic (exact) mass is 348 g/mol.